The molecule has 1 aromatic heterocycles. The molecule has 0 aliphatic rings. The molecule has 1 aromatic carbocycles. The topological polar surface area (TPSA) is 56.3 Å². The summed E-state index contributed by atoms with van der Waals surface area (Å²) in [6.45, 7) is 1.80. The first kappa shape index (κ1) is 14.7. The Hall–Kier alpha value is -1.75. The van der Waals surface area contributed by atoms with Crippen molar-refractivity contribution in [2.75, 3.05) is 7.11 Å². The molecule has 1 heterocycles. The van der Waals surface area contributed by atoms with E-state index in [0.717, 1.165) is 16.5 Å². The lowest BCUT2D eigenvalue weighted by molar-refractivity contribution is -0.140. The SMILES string of the molecule is COC(=O)CC(C)S(=O)Cc1cccc2cccnc12. The summed E-state index contributed by atoms with van der Waals surface area (Å²) in [6.07, 6.45) is 1.90. The molecule has 0 aliphatic carbocycles. The lowest BCUT2D eigenvalue weighted by atomic mass is 10.1. The van der Waals surface area contributed by atoms with Gasteiger partial charge >= 0.3 is 5.97 Å². The summed E-state index contributed by atoms with van der Waals surface area (Å²) in [4.78, 5) is 15.6. The molecule has 0 fully saturated rings. The summed E-state index contributed by atoms with van der Waals surface area (Å²) in [7, 11) is 0.205. The summed E-state index contributed by atoms with van der Waals surface area (Å²) >= 11 is 0. The summed E-state index contributed by atoms with van der Waals surface area (Å²) in [5.74, 6) is 0.0638. The Kier molecular flexibility index (Phi) is 4.84. The van der Waals surface area contributed by atoms with Crippen LogP contribution < -0.4 is 0 Å². The number of aromatic nitrogens is 1. The third-order valence-corrected chi connectivity index (χ3v) is 4.80. The number of hydrogen-bond acceptors (Lipinski definition) is 4. The smallest absolute Gasteiger partial charge is 0.306 e. The first-order valence-electron chi connectivity index (χ1n) is 6.38. The number of pyridine rings is 1. The van der Waals surface area contributed by atoms with Crippen LogP contribution in [0.3, 0.4) is 0 Å². The maximum Gasteiger partial charge on any atom is 0.306 e. The van der Waals surface area contributed by atoms with Gasteiger partial charge in [0, 0.05) is 27.6 Å². The zero-order chi connectivity index (χ0) is 14.5. The molecule has 0 saturated heterocycles. The van der Waals surface area contributed by atoms with E-state index in [2.05, 4.69) is 9.72 Å². The van der Waals surface area contributed by atoms with E-state index in [0.29, 0.717) is 5.75 Å². The van der Waals surface area contributed by atoms with Gasteiger partial charge in [-0.2, -0.15) is 0 Å². The van der Waals surface area contributed by atoms with Gasteiger partial charge in [0.15, 0.2) is 0 Å². The molecule has 0 saturated carbocycles. The molecule has 2 unspecified atom stereocenters. The van der Waals surface area contributed by atoms with Crippen molar-refractivity contribution >= 4 is 27.7 Å². The lowest BCUT2D eigenvalue weighted by Gasteiger charge is -2.11. The largest absolute Gasteiger partial charge is 0.469 e. The second-order valence-corrected chi connectivity index (χ2v) is 6.46. The van der Waals surface area contributed by atoms with Gasteiger partial charge in [0.1, 0.15) is 0 Å². The van der Waals surface area contributed by atoms with Crippen molar-refractivity contribution in [1.29, 1.82) is 0 Å². The van der Waals surface area contributed by atoms with E-state index < -0.39 is 10.8 Å². The number of esters is 1. The number of para-hydroxylation sites is 1. The molecular weight excluding hydrogens is 274 g/mol. The molecule has 2 atom stereocenters. The number of fused-ring (bicyclic) bond motifs is 1. The Labute approximate surface area is 120 Å². The second kappa shape index (κ2) is 6.61. The van der Waals surface area contributed by atoms with Crippen LogP contribution in [0, 0.1) is 0 Å². The van der Waals surface area contributed by atoms with E-state index in [1.165, 1.54) is 7.11 Å². The molecule has 0 aliphatic heterocycles. The number of hydrogen-bond donors (Lipinski definition) is 0. The third-order valence-electron chi connectivity index (χ3n) is 3.14. The van der Waals surface area contributed by atoms with Gasteiger partial charge in [-0.1, -0.05) is 31.2 Å². The van der Waals surface area contributed by atoms with Crippen LogP contribution in [0.5, 0.6) is 0 Å². The van der Waals surface area contributed by atoms with Crippen molar-refractivity contribution < 1.29 is 13.7 Å². The fourth-order valence-electron chi connectivity index (χ4n) is 1.99. The Morgan fingerprint density at radius 1 is 1.35 bits per heavy atom. The van der Waals surface area contributed by atoms with Gasteiger partial charge in [-0.25, -0.2) is 0 Å². The van der Waals surface area contributed by atoms with E-state index >= 15 is 0 Å². The zero-order valence-corrected chi connectivity index (χ0v) is 12.4. The highest BCUT2D eigenvalue weighted by atomic mass is 32.2. The average Bonchev–Trinajstić information content (AvgIpc) is 2.47. The molecule has 5 heteroatoms. The number of nitrogens with zero attached hydrogens (tertiary/aromatic N) is 1. The zero-order valence-electron chi connectivity index (χ0n) is 11.5. The van der Waals surface area contributed by atoms with E-state index in [4.69, 9.17) is 0 Å². The van der Waals surface area contributed by atoms with Gasteiger partial charge in [-0.05, 0) is 11.6 Å². The average molecular weight is 291 g/mol. The molecule has 4 nitrogen and oxygen atoms in total. The number of carbonyl (C=O) groups excluding carboxylic acids is 1. The molecule has 0 amide bonds. The van der Waals surface area contributed by atoms with Gasteiger partial charge in [0.2, 0.25) is 0 Å². The number of carbonyl (C=O) groups is 1. The second-order valence-electron chi connectivity index (χ2n) is 4.61. The highest BCUT2D eigenvalue weighted by Crippen LogP contribution is 2.19. The van der Waals surface area contributed by atoms with Gasteiger partial charge in [-0.15, -0.1) is 0 Å². The molecule has 0 bridgehead atoms. The lowest BCUT2D eigenvalue weighted by Crippen LogP contribution is -2.18. The van der Waals surface area contributed by atoms with E-state index in [1.54, 1.807) is 13.1 Å². The maximum absolute atomic E-state index is 12.3. The normalized spacial score (nSPS) is 13.9. The van der Waals surface area contributed by atoms with Crippen LogP contribution in [0.25, 0.3) is 10.9 Å². The van der Waals surface area contributed by atoms with Crippen LogP contribution in [0.2, 0.25) is 0 Å². The van der Waals surface area contributed by atoms with Gasteiger partial charge < -0.3 is 4.74 Å². The van der Waals surface area contributed by atoms with Crippen LogP contribution in [0.1, 0.15) is 18.9 Å². The molecule has 0 radical (unpaired) electrons. The minimum absolute atomic E-state index is 0.168. The molecule has 106 valence electrons. The minimum atomic E-state index is -1.13. The van der Waals surface area contributed by atoms with Crippen molar-refractivity contribution in [1.82, 2.24) is 4.98 Å². The highest BCUT2D eigenvalue weighted by Gasteiger charge is 2.17. The third kappa shape index (κ3) is 3.42. The fourth-order valence-corrected chi connectivity index (χ4v) is 3.14. The standard InChI is InChI=1S/C15H17NO3S/c1-11(9-14(17)19-2)20(18)10-13-6-3-5-12-7-4-8-16-15(12)13/h3-8,11H,9-10H2,1-2H3. The summed E-state index contributed by atoms with van der Waals surface area (Å²) < 4.78 is 16.9. The predicted octanol–water partition coefficient (Wildman–Crippen LogP) is 2.44. The first-order valence-corrected chi connectivity index (χ1v) is 7.76. The number of methoxy groups -OCH3 is 1. The fraction of sp³-hybridized carbons (Fsp3) is 0.333. The number of rotatable bonds is 5. The highest BCUT2D eigenvalue weighted by molar-refractivity contribution is 7.84. The molecule has 0 N–H and O–H groups in total. The molecule has 20 heavy (non-hydrogen) atoms. The first-order chi connectivity index (χ1) is 9.61. The van der Waals surface area contributed by atoms with Crippen LogP contribution in [-0.2, 0) is 26.1 Å². The minimum Gasteiger partial charge on any atom is -0.469 e. The Balaban J connectivity index is 2.16. The van der Waals surface area contributed by atoms with Crippen LogP contribution >= 0.6 is 0 Å². The monoisotopic (exact) mass is 291 g/mol. The van der Waals surface area contributed by atoms with Crippen LogP contribution in [0.15, 0.2) is 36.5 Å². The van der Waals surface area contributed by atoms with E-state index in [-0.39, 0.29) is 17.6 Å². The van der Waals surface area contributed by atoms with Crippen LogP contribution in [-0.4, -0.2) is 27.5 Å². The summed E-state index contributed by atoms with van der Waals surface area (Å²) in [5.41, 5.74) is 1.81. The van der Waals surface area contributed by atoms with Crippen molar-refractivity contribution in [3.63, 3.8) is 0 Å². The van der Waals surface area contributed by atoms with E-state index in [9.17, 15) is 9.00 Å². The van der Waals surface area contributed by atoms with Crippen molar-refractivity contribution in [2.24, 2.45) is 0 Å². The van der Waals surface area contributed by atoms with Gasteiger partial charge in [0.05, 0.1) is 24.8 Å². The molecule has 2 rings (SSSR count). The van der Waals surface area contributed by atoms with Crippen molar-refractivity contribution in [3.05, 3.63) is 42.1 Å². The Bertz CT molecular complexity index is 637. The Morgan fingerprint density at radius 3 is 2.85 bits per heavy atom. The maximum atomic E-state index is 12.3. The summed E-state index contributed by atoms with van der Waals surface area (Å²) in [5, 5.41) is 0.795. The van der Waals surface area contributed by atoms with Crippen molar-refractivity contribution in [2.45, 2.75) is 24.3 Å². The molecule has 0 spiro atoms. The molecule has 2 aromatic rings. The summed E-state index contributed by atoms with van der Waals surface area (Å²) in [6, 6.07) is 9.70. The number of ether oxygens (including phenoxy) is 1. The molecular formula is C15H17NO3S. The number of benzene rings is 1. The van der Waals surface area contributed by atoms with E-state index in [1.807, 2.05) is 30.3 Å². The van der Waals surface area contributed by atoms with Crippen LogP contribution in [0.4, 0.5) is 0 Å². The predicted molar refractivity (Wildman–Crippen MR) is 79.7 cm³/mol. The van der Waals surface area contributed by atoms with Gasteiger partial charge in [0.25, 0.3) is 0 Å². The Morgan fingerprint density at radius 2 is 2.10 bits per heavy atom. The van der Waals surface area contributed by atoms with Crippen molar-refractivity contribution in [3.8, 4) is 0 Å². The quantitative estimate of drug-likeness (QED) is 0.794. The van der Waals surface area contributed by atoms with Gasteiger partial charge in [-0.3, -0.25) is 14.0 Å².